The fourth-order valence-corrected chi connectivity index (χ4v) is 3.40. The fraction of sp³-hybridized carbons (Fsp3) is 0.167. The monoisotopic (exact) mass is 368 g/mol. The standard InChI is InChI=1S/C18H17ClN6O/c1-10-3-2-4-12(19)15(10)11-7-14(22-5-6-26)23-18-16(11)24-17(20)13-8-21-9-25(13)18/h2-4,7-9,26H,5-6H2,1H3,(H2,20,24)(H,22,23). The molecule has 4 aromatic rings. The Bertz CT molecular complexity index is 1100. The summed E-state index contributed by atoms with van der Waals surface area (Å²) in [6, 6.07) is 7.62. The number of aliphatic hydroxyl groups is 1. The van der Waals surface area contributed by atoms with E-state index in [1.807, 2.05) is 31.2 Å². The number of halogens is 1. The van der Waals surface area contributed by atoms with Crippen molar-refractivity contribution >= 4 is 39.9 Å². The van der Waals surface area contributed by atoms with Gasteiger partial charge in [0.1, 0.15) is 29.0 Å². The van der Waals surface area contributed by atoms with Gasteiger partial charge in [-0.1, -0.05) is 23.7 Å². The van der Waals surface area contributed by atoms with Gasteiger partial charge >= 0.3 is 0 Å². The zero-order valence-corrected chi connectivity index (χ0v) is 14.8. The summed E-state index contributed by atoms with van der Waals surface area (Å²) in [4.78, 5) is 13.4. The molecule has 0 bridgehead atoms. The van der Waals surface area contributed by atoms with Gasteiger partial charge in [0.05, 0.1) is 12.8 Å². The van der Waals surface area contributed by atoms with Crippen LogP contribution in [0.15, 0.2) is 36.8 Å². The molecule has 0 unspecified atom stereocenters. The molecule has 26 heavy (non-hydrogen) atoms. The first-order valence-electron chi connectivity index (χ1n) is 8.12. The number of nitrogens with two attached hydrogens (primary N) is 1. The highest BCUT2D eigenvalue weighted by Crippen LogP contribution is 2.37. The molecule has 0 saturated carbocycles. The Balaban J connectivity index is 2.11. The van der Waals surface area contributed by atoms with Crippen molar-refractivity contribution in [2.45, 2.75) is 6.92 Å². The largest absolute Gasteiger partial charge is 0.395 e. The van der Waals surface area contributed by atoms with Crippen LogP contribution in [-0.4, -0.2) is 37.6 Å². The van der Waals surface area contributed by atoms with Crippen LogP contribution in [0, 0.1) is 6.92 Å². The molecule has 0 aliphatic carbocycles. The Morgan fingerprint density at radius 2 is 2.15 bits per heavy atom. The molecule has 0 saturated heterocycles. The number of aliphatic hydroxyl groups excluding tert-OH is 1. The van der Waals surface area contributed by atoms with Crippen molar-refractivity contribution in [1.82, 2.24) is 19.4 Å². The molecule has 4 N–H and O–H groups in total. The Morgan fingerprint density at radius 3 is 2.92 bits per heavy atom. The normalized spacial score (nSPS) is 11.3. The van der Waals surface area contributed by atoms with E-state index in [2.05, 4.69) is 20.3 Å². The first kappa shape index (κ1) is 16.6. The third-order valence-corrected chi connectivity index (χ3v) is 4.56. The van der Waals surface area contributed by atoms with Crippen LogP contribution in [0.25, 0.3) is 27.8 Å². The van der Waals surface area contributed by atoms with Gasteiger partial charge in [-0.25, -0.2) is 15.0 Å². The van der Waals surface area contributed by atoms with E-state index >= 15 is 0 Å². The van der Waals surface area contributed by atoms with Gasteiger partial charge in [-0.05, 0) is 24.6 Å². The molecule has 7 nitrogen and oxygen atoms in total. The summed E-state index contributed by atoms with van der Waals surface area (Å²) in [6.07, 6.45) is 3.31. The zero-order valence-electron chi connectivity index (χ0n) is 14.1. The second-order valence-corrected chi connectivity index (χ2v) is 6.36. The van der Waals surface area contributed by atoms with Crippen LogP contribution in [-0.2, 0) is 0 Å². The minimum Gasteiger partial charge on any atom is -0.395 e. The van der Waals surface area contributed by atoms with Gasteiger partial charge in [0.25, 0.3) is 0 Å². The van der Waals surface area contributed by atoms with E-state index in [4.69, 9.17) is 22.4 Å². The first-order chi connectivity index (χ1) is 12.6. The predicted octanol–water partition coefficient (Wildman–Crippen LogP) is 2.89. The van der Waals surface area contributed by atoms with Gasteiger partial charge in [-0.15, -0.1) is 0 Å². The number of nitrogen functional groups attached to an aromatic ring is 1. The number of anilines is 2. The van der Waals surface area contributed by atoms with E-state index in [-0.39, 0.29) is 6.61 Å². The lowest BCUT2D eigenvalue weighted by Gasteiger charge is -2.15. The van der Waals surface area contributed by atoms with Gasteiger partial charge in [0.2, 0.25) is 0 Å². The summed E-state index contributed by atoms with van der Waals surface area (Å²) in [5.74, 6) is 0.987. The average Bonchev–Trinajstić information content (AvgIpc) is 3.11. The number of pyridine rings is 1. The van der Waals surface area contributed by atoms with Crippen LogP contribution in [0.3, 0.4) is 0 Å². The average molecular weight is 369 g/mol. The lowest BCUT2D eigenvalue weighted by Crippen LogP contribution is -2.09. The topological polar surface area (TPSA) is 101 Å². The van der Waals surface area contributed by atoms with Crippen molar-refractivity contribution in [3.63, 3.8) is 0 Å². The number of aryl methyl sites for hydroxylation is 1. The van der Waals surface area contributed by atoms with Crippen molar-refractivity contribution in [3.8, 4) is 11.1 Å². The Labute approximate surface area is 154 Å². The minimum atomic E-state index is 0.000640. The first-order valence-corrected chi connectivity index (χ1v) is 8.50. The van der Waals surface area contributed by atoms with Crippen molar-refractivity contribution in [3.05, 3.63) is 47.4 Å². The van der Waals surface area contributed by atoms with Crippen molar-refractivity contribution in [2.24, 2.45) is 0 Å². The van der Waals surface area contributed by atoms with E-state index in [1.165, 1.54) is 0 Å². The van der Waals surface area contributed by atoms with E-state index in [0.29, 0.717) is 39.9 Å². The smallest absolute Gasteiger partial charge is 0.167 e. The molecule has 0 aliphatic heterocycles. The number of benzene rings is 1. The minimum absolute atomic E-state index is 0.000640. The van der Waals surface area contributed by atoms with E-state index < -0.39 is 0 Å². The quantitative estimate of drug-likeness (QED) is 0.512. The predicted molar refractivity (Wildman–Crippen MR) is 103 cm³/mol. The number of hydrogen-bond acceptors (Lipinski definition) is 6. The molecular weight excluding hydrogens is 352 g/mol. The third kappa shape index (κ3) is 2.61. The molecule has 0 fully saturated rings. The van der Waals surface area contributed by atoms with Crippen molar-refractivity contribution in [1.29, 1.82) is 0 Å². The molecule has 132 valence electrons. The van der Waals surface area contributed by atoms with Gasteiger partial charge < -0.3 is 16.2 Å². The Hall–Kier alpha value is -2.90. The van der Waals surface area contributed by atoms with Gasteiger partial charge in [-0.3, -0.25) is 4.40 Å². The SMILES string of the molecule is Cc1cccc(Cl)c1-c1cc(NCCO)nc2c1nc(N)c1cncn12. The van der Waals surface area contributed by atoms with Gasteiger partial charge in [0.15, 0.2) is 5.65 Å². The van der Waals surface area contributed by atoms with Crippen LogP contribution in [0.2, 0.25) is 5.02 Å². The number of nitrogens with one attached hydrogen (secondary N) is 1. The van der Waals surface area contributed by atoms with E-state index in [0.717, 1.165) is 16.7 Å². The number of nitrogens with zero attached hydrogens (tertiary/aromatic N) is 4. The van der Waals surface area contributed by atoms with Crippen LogP contribution in [0.1, 0.15) is 5.56 Å². The maximum atomic E-state index is 9.14. The maximum Gasteiger partial charge on any atom is 0.167 e. The lowest BCUT2D eigenvalue weighted by molar-refractivity contribution is 0.311. The highest BCUT2D eigenvalue weighted by atomic mass is 35.5. The zero-order chi connectivity index (χ0) is 18.3. The van der Waals surface area contributed by atoms with E-state index in [1.54, 1.807) is 16.9 Å². The lowest BCUT2D eigenvalue weighted by atomic mass is 10.00. The summed E-state index contributed by atoms with van der Waals surface area (Å²) >= 11 is 6.50. The number of hydrogen-bond donors (Lipinski definition) is 3. The molecule has 3 heterocycles. The van der Waals surface area contributed by atoms with Crippen LogP contribution in [0.4, 0.5) is 11.6 Å². The Morgan fingerprint density at radius 1 is 1.31 bits per heavy atom. The van der Waals surface area contributed by atoms with Crippen molar-refractivity contribution < 1.29 is 5.11 Å². The van der Waals surface area contributed by atoms with Crippen LogP contribution in [0.5, 0.6) is 0 Å². The molecule has 0 radical (unpaired) electrons. The fourth-order valence-electron chi connectivity index (χ4n) is 3.07. The number of rotatable bonds is 4. The maximum absolute atomic E-state index is 9.14. The molecular formula is C18H17ClN6O. The number of aromatic nitrogens is 4. The molecule has 1 aromatic carbocycles. The van der Waals surface area contributed by atoms with Gasteiger partial charge in [-0.2, -0.15) is 0 Å². The molecule has 0 amide bonds. The second kappa shape index (κ2) is 6.44. The molecule has 4 rings (SSSR count). The summed E-state index contributed by atoms with van der Waals surface area (Å²) in [6.45, 7) is 2.38. The molecule has 3 aromatic heterocycles. The molecule has 0 aliphatic rings. The highest BCUT2D eigenvalue weighted by molar-refractivity contribution is 6.34. The second-order valence-electron chi connectivity index (χ2n) is 5.96. The summed E-state index contributed by atoms with van der Waals surface area (Å²) in [5, 5.41) is 12.9. The summed E-state index contributed by atoms with van der Waals surface area (Å²) in [7, 11) is 0. The Kier molecular flexibility index (Phi) is 4.10. The van der Waals surface area contributed by atoms with Crippen LogP contribution < -0.4 is 11.1 Å². The molecule has 0 spiro atoms. The number of fused-ring (bicyclic) bond motifs is 3. The third-order valence-electron chi connectivity index (χ3n) is 4.24. The number of imidazole rings is 1. The van der Waals surface area contributed by atoms with Crippen molar-refractivity contribution in [2.75, 3.05) is 24.2 Å². The van der Waals surface area contributed by atoms with E-state index in [9.17, 15) is 0 Å². The summed E-state index contributed by atoms with van der Waals surface area (Å²) < 4.78 is 1.80. The molecule has 0 atom stereocenters. The molecule has 8 heteroatoms. The summed E-state index contributed by atoms with van der Waals surface area (Å²) in [5.41, 5.74) is 10.8. The van der Waals surface area contributed by atoms with Gasteiger partial charge in [0, 0.05) is 22.7 Å². The highest BCUT2D eigenvalue weighted by Gasteiger charge is 2.17. The van der Waals surface area contributed by atoms with Crippen LogP contribution >= 0.6 is 11.6 Å².